The van der Waals surface area contributed by atoms with Crippen molar-refractivity contribution in [1.82, 2.24) is 10.2 Å². The zero-order valence-electron chi connectivity index (χ0n) is 13.1. The molecule has 1 saturated heterocycles. The molecule has 118 valence electrons. The zero-order chi connectivity index (χ0) is 15.5. The first kappa shape index (κ1) is 14.9. The van der Waals surface area contributed by atoms with Gasteiger partial charge in [0, 0.05) is 36.1 Å². The zero-order valence-corrected chi connectivity index (χ0v) is 13.1. The Bertz CT molecular complexity index is 657. The van der Waals surface area contributed by atoms with E-state index < -0.39 is 0 Å². The van der Waals surface area contributed by atoms with Crippen molar-refractivity contribution in [2.45, 2.75) is 25.3 Å². The molecule has 1 N–H and O–H groups in total. The first-order valence-electron chi connectivity index (χ1n) is 7.70. The average molecular weight is 302 g/mol. The summed E-state index contributed by atoms with van der Waals surface area (Å²) in [5, 5.41) is 4.26. The van der Waals surface area contributed by atoms with Gasteiger partial charge in [-0.1, -0.05) is 0 Å². The molecule has 5 heteroatoms. The Kier molecular flexibility index (Phi) is 4.34. The van der Waals surface area contributed by atoms with Gasteiger partial charge < -0.3 is 19.4 Å². The number of methoxy groups -OCH3 is 1. The number of hydrogen-bond donors (Lipinski definition) is 1. The minimum Gasteiger partial charge on any atom is -0.497 e. The SMILES string of the molecule is CNC1CCN(C(=O)Cc2coc3cc(OC)ccc23)CC1. The van der Waals surface area contributed by atoms with Gasteiger partial charge in [-0.3, -0.25) is 4.79 Å². The van der Waals surface area contributed by atoms with Gasteiger partial charge in [0.05, 0.1) is 19.8 Å². The van der Waals surface area contributed by atoms with Gasteiger partial charge in [0.1, 0.15) is 11.3 Å². The van der Waals surface area contributed by atoms with Crippen molar-refractivity contribution in [2.24, 2.45) is 0 Å². The van der Waals surface area contributed by atoms with E-state index >= 15 is 0 Å². The molecule has 1 aliphatic heterocycles. The Labute approximate surface area is 130 Å². The van der Waals surface area contributed by atoms with Crippen molar-refractivity contribution in [1.29, 1.82) is 0 Å². The number of nitrogens with one attached hydrogen (secondary N) is 1. The molecule has 2 heterocycles. The molecule has 0 unspecified atom stereocenters. The van der Waals surface area contributed by atoms with E-state index in [0.29, 0.717) is 12.5 Å². The Hall–Kier alpha value is -2.01. The lowest BCUT2D eigenvalue weighted by atomic mass is 10.0. The number of piperidine rings is 1. The summed E-state index contributed by atoms with van der Waals surface area (Å²) in [6.07, 6.45) is 4.11. The van der Waals surface area contributed by atoms with E-state index in [9.17, 15) is 4.79 Å². The number of ether oxygens (including phenoxy) is 1. The predicted octanol–water partition coefficient (Wildman–Crippen LogP) is 2.19. The fourth-order valence-corrected chi connectivity index (χ4v) is 3.02. The summed E-state index contributed by atoms with van der Waals surface area (Å²) in [6, 6.07) is 6.23. The van der Waals surface area contributed by atoms with Gasteiger partial charge in [-0.05, 0) is 32.0 Å². The van der Waals surface area contributed by atoms with Crippen molar-refractivity contribution in [3.05, 3.63) is 30.0 Å². The number of carbonyl (C=O) groups is 1. The maximum atomic E-state index is 12.5. The van der Waals surface area contributed by atoms with E-state index in [2.05, 4.69) is 5.32 Å². The fraction of sp³-hybridized carbons (Fsp3) is 0.471. The number of likely N-dealkylation sites (tertiary alicyclic amines) is 1. The van der Waals surface area contributed by atoms with Gasteiger partial charge in [0.25, 0.3) is 0 Å². The molecular weight excluding hydrogens is 280 g/mol. The number of furan rings is 1. The topological polar surface area (TPSA) is 54.7 Å². The molecule has 0 atom stereocenters. The van der Waals surface area contributed by atoms with Crippen molar-refractivity contribution >= 4 is 16.9 Å². The summed E-state index contributed by atoms with van der Waals surface area (Å²) in [7, 11) is 3.61. The molecule has 2 aromatic rings. The van der Waals surface area contributed by atoms with E-state index in [1.165, 1.54) is 0 Å². The largest absolute Gasteiger partial charge is 0.497 e. The molecule has 1 aromatic heterocycles. The van der Waals surface area contributed by atoms with Crippen LogP contribution in [-0.2, 0) is 11.2 Å². The molecular formula is C17H22N2O3. The van der Waals surface area contributed by atoms with Gasteiger partial charge >= 0.3 is 0 Å². The minimum absolute atomic E-state index is 0.174. The summed E-state index contributed by atoms with van der Waals surface area (Å²) in [6.45, 7) is 1.65. The van der Waals surface area contributed by atoms with Crippen LogP contribution in [0.3, 0.4) is 0 Å². The van der Waals surface area contributed by atoms with Gasteiger partial charge in [-0.25, -0.2) is 0 Å². The van der Waals surface area contributed by atoms with Crippen LogP contribution < -0.4 is 10.1 Å². The van der Waals surface area contributed by atoms with Gasteiger partial charge in [-0.2, -0.15) is 0 Å². The summed E-state index contributed by atoms with van der Waals surface area (Å²) < 4.78 is 10.7. The Balaban J connectivity index is 1.69. The van der Waals surface area contributed by atoms with Crippen LogP contribution in [-0.4, -0.2) is 44.1 Å². The van der Waals surface area contributed by atoms with Crippen LogP contribution in [0.15, 0.2) is 28.9 Å². The number of nitrogens with zero attached hydrogens (tertiary/aromatic N) is 1. The monoisotopic (exact) mass is 302 g/mol. The van der Waals surface area contributed by atoms with E-state index in [1.54, 1.807) is 13.4 Å². The maximum absolute atomic E-state index is 12.5. The maximum Gasteiger partial charge on any atom is 0.227 e. The van der Waals surface area contributed by atoms with Gasteiger partial charge in [-0.15, -0.1) is 0 Å². The highest BCUT2D eigenvalue weighted by molar-refractivity contribution is 5.88. The molecule has 1 amide bonds. The van der Waals surface area contributed by atoms with E-state index in [1.807, 2.05) is 30.1 Å². The van der Waals surface area contributed by atoms with Crippen LogP contribution in [0.5, 0.6) is 5.75 Å². The second-order valence-corrected chi connectivity index (χ2v) is 5.74. The quantitative estimate of drug-likeness (QED) is 0.940. The highest BCUT2D eigenvalue weighted by Gasteiger charge is 2.22. The van der Waals surface area contributed by atoms with Crippen molar-refractivity contribution in [3.8, 4) is 5.75 Å². The smallest absolute Gasteiger partial charge is 0.227 e. The third-order valence-electron chi connectivity index (χ3n) is 4.46. The third kappa shape index (κ3) is 2.95. The Morgan fingerprint density at radius 2 is 2.18 bits per heavy atom. The highest BCUT2D eigenvalue weighted by Crippen LogP contribution is 2.26. The number of rotatable bonds is 4. The average Bonchev–Trinajstić information content (AvgIpc) is 2.97. The van der Waals surface area contributed by atoms with E-state index in [0.717, 1.165) is 48.2 Å². The van der Waals surface area contributed by atoms with Gasteiger partial charge in [0.2, 0.25) is 5.91 Å². The molecule has 0 saturated carbocycles. The summed E-state index contributed by atoms with van der Waals surface area (Å²) in [5.41, 5.74) is 1.70. The van der Waals surface area contributed by atoms with E-state index in [4.69, 9.17) is 9.15 Å². The molecule has 1 fully saturated rings. The summed E-state index contributed by atoms with van der Waals surface area (Å²) in [5.74, 6) is 0.932. The summed E-state index contributed by atoms with van der Waals surface area (Å²) in [4.78, 5) is 14.4. The molecule has 1 aliphatic rings. The van der Waals surface area contributed by atoms with Crippen LogP contribution in [0.1, 0.15) is 18.4 Å². The first-order valence-corrected chi connectivity index (χ1v) is 7.70. The van der Waals surface area contributed by atoms with Crippen LogP contribution in [0.25, 0.3) is 11.0 Å². The number of carbonyl (C=O) groups excluding carboxylic acids is 1. The molecule has 0 bridgehead atoms. The third-order valence-corrected chi connectivity index (χ3v) is 4.46. The van der Waals surface area contributed by atoms with Crippen molar-refractivity contribution in [3.63, 3.8) is 0 Å². The number of hydrogen-bond acceptors (Lipinski definition) is 4. The molecule has 5 nitrogen and oxygen atoms in total. The van der Waals surface area contributed by atoms with Crippen LogP contribution in [0.2, 0.25) is 0 Å². The first-order chi connectivity index (χ1) is 10.7. The van der Waals surface area contributed by atoms with Gasteiger partial charge in [0.15, 0.2) is 0 Å². The lowest BCUT2D eigenvalue weighted by molar-refractivity contribution is -0.131. The molecule has 0 spiro atoms. The molecule has 0 radical (unpaired) electrons. The number of amides is 1. The second-order valence-electron chi connectivity index (χ2n) is 5.74. The van der Waals surface area contributed by atoms with Crippen LogP contribution in [0.4, 0.5) is 0 Å². The standard InChI is InChI=1S/C17H22N2O3/c1-18-13-5-7-19(8-6-13)17(20)9-12-11-22-16-10-14(21-2)3-4-15(12)16/h3-4,10-11,13,18H,5-9H2,1-2H3. The normalized spacial score (nSPS) is 16.2. The number of fused-ring (bicyclic) bond motifs is 1. The lowest BCUT2D eigenvalue weighted by Gasteiger charge is -2.31. The Morgan fingerprint density at radius 3 is 2.86 bits per heavy atom. The van der Waals surface area contributed by atoms with Crippen LogP contribution in [0, 0.1) is 0 Å². The molecule has 1 aromatic carbocycles. The van der Waals surface area contributed by atoms with Crippen LogP contribution >= 0.6 is 0 Å². The fourth-order valence-electron chi connectivity index (χ4n) is 3.02. The number of benzene rings is 1. The van der Waals surface area contributed by atoms with E-state index in [-0.39, 0.29) is 5.91 Å². The highest BCUT2D eigenvalue weighted by atomic mass is 16.5. The second kappa shape index (κ2) is 6.40. The molecule has 0 aliphatic carbocycles. The van der Waals surface area contributed by atoms with Crippen molar-refractivity contribution in [2.75, 3.05) is 27.2 Å². The predicted molar refractivity (Wildman–Crippen MR) is 85.1 cm³/mol. The summed E-state index contributed by atoms with van der Waals surface area (Å²) >= 11 is 0. The molecule has 22 heavy (non-hydrogen) atoms. The molecule has 3 rings (SSSR count). The van der Waals surface area contributed by atoms with Crippen molar-refractivity contribution < 1.29 is 13.9 Å². The Morgan fingerprint density at radius 1 is 1.41 bits per heavy atom. The minimum atomic E-state index is 0.174. The lowest BCUT2D eigenvalue weighted by Crippen LogP contribution is -2.44.